The highest BCUT2D eigenvalue weighted by atomic mass is 32.1. The molecule has 0 amide bonds. The van der Waals surface area contributed by atoms with Gasteiger partial charge in [0, 0.05) is 34.9 Å². The number of carbonyl (C=O) groups is 1. The molecule has 0 saturated carbocycles. The van der Waals surface area contributed by atoms with E-state index < -0.39 is 12.1 Å². The summed E-state index contributed by atoms with van der Waals surface area (Å²) in [7, 11) is 4.12. The zero-order chi connectivity index (χ0) is 17.9. The van der Waals surface area contributed by atoms with Crippen LogP contribution in [0.2, 0.25) is 0 Å². The highest BCUT2D eigenvalue weighted by Gasteiger charge is 2.38. The van der Waals surface area contributed by atoms with E-state index in [4.69, 9.17) is 14.3 Å². The third-order valence-corrected chi connectivity index (χ3v) is 4.23. The fraction of sp³-hybridized carbons (Fsp3) is 0.188. The molecule has 1 N–H and O–H groups in total. The van der Waals surface area contributed by atoms with Crippen LogP contribution in [0.3, 0.4) is 0 Å². The SMILES string of the molecule is CN(C)c1ccc2sc(-c3ccoc3)cc2c1.O=C(O)C(F)(F)F. The number of thiophene rings is 1. The van der Waals surface area contributed by atoms with Crippen molar-refractivity contribution in [3.63, 3.8) is 0 Å². The van der Waals surface area contributed by atoms with Gasteiger partial charge < -0.3 is 14.4 Å². The Morgan fingerprint density at radius 3 is 2.38 bits per heavy atom. The first-order chi connectivity index (χ1) is 11.2. The predicted octanol–water partition coefficient (Wildman–Crippen LogP) is 4.86. The van der Waals surface area contributed by atoms with Gasteiger partial charge >= 0.3 is 12.1 Å². The molecule has 4 nitrogen and oxygen atoms in total. The van der Waals surface area contributed by atoms with Crippen LogP contribution in [-0.2, 0) is 4.79 Å². The van der Waals surface area contributed by atoms with Crippen molar-refractivity contribution in [2.24, 2.45) is 0 Å². The molecule has 2 aromatic heterocycles. The highest BCUT2D eigenvalue weighted by molar-refractivity contribution is 7.22. The Labute approximate surface area is 139 Å². The Kier molecular flexibility index (Phi) is 5.18. The van der Waals surface area contributed by atoms with Crippen molar-refractivity contribution >= 4 is 33.1 Å². The second-order valence-electron chi connectivity index (χ2n) is 5.04. The minimum Gasteiger partial charge on any atom is -0.475 e. The Morgan fingerprint density at radius 1 is 1.21 bits per heavy atom. The summed E-state index contributed by atoms with van der Waals surface area (Å²) < 4.78 is 38.2. The number of carboxylic acids is 1. The fourth-order valence-corrected chi connectivity index (χ4v) is 2.88. The zero-order valence-corrected chi connectivity index (χ0v) is 13.6. The van der Waals surface area contributed by atoms with Crippen LogP contribution >= 0.6 is 11.3 Å². The molecule has 8 heteroatoms. The molecule has 0 atom stereocenters. The van der Waals surface area contributed by atoms with Gasteiger partial charge in [-0.2, -0.15) is 13.2 Å². The van der Waals surface area contributed by atoms with Gasteiger partial charge in [-0.15, -0.1) is 11.3 Å². The molecule has 1 aromatic carbocycles. The van der Waals surface area contributed by atoms with E-state index in [2.05, 4.69) is 43.3 Å². The average molecular weight is 357 g/mol. The van der Waals surface area contributed by atoms with Crippen molar-refractivity contribution in [2.45, 2.75) is 6.18 Å². The normalized spacial score (nSPS) is 11.0. The summed E-state index contributed by atoms with van der Waals surface area (Å²) in [5, 5.41) is 8.41. The second-order valence-corrected chi connectivity index (χ2v) is 6.13. The van der Waals surface area contributed by atoms with Crippen LogP contribution in [0, 0.1) is 0 Å². The number of fused-ring (bicyclic) bond motifs is 1. The lowest BCUT2D eigenvalue weighted by atomic mass is 10.2. The number of aliphatic carboxylic acids is 1. The van der Waals surface area contributed by atoms with Gasteiger partial charge in [0.15, 0.2) is 0 Å². The number of nitrogens with zero attached hydrogens (tertiary/aromatic N) is 1. The third kappa shape index (κ3) is 4.29. The van der Waals surface area contributed by atoms with Crippen LogP contribution in [0.5, 0.6) is 0 Å². The largest absolute Gasteiger partial charge is 0.490 e. The van der Waals surface area contributed by atoms with Crippen molar-refractivity contribution in [3.8, 4) is 10.4 Å². The number of hydrogen-bond donors (Lipinski definition) is 1. The minimum atomic E-state index is -5.08. The number of hydrogen-bond acceptors (Lipinski definition) is 4. The first kappa shape index (κ1) is 17.9. The Morgan fingerprint density at radius 2 is 1.88 bits per heavy atom. The van der Waals surface area contributed by atoms with E-state index in [0.29, 0.717) is 0 Å². The van der Waals surface area contributed by atoms with Gasteiger partial charge in [-0.25, -0.2) is 4.79 Å². The monoisotopic (exact) mass is 357 g/mol. The lowest BCUT2D eigenvalue weighted by molar-refractivity contribution is -0.192. The highest BCUT2D eigenvalue weighted by Crippen LogP contribution is 2.35. The molecular weight excluding hydrogens is 343 g/mol. The number of furan rings is 1. The van der Waals surface area contributed by atoms with Crippen LogP contribution < -0.4 is 4.90 Å². The number of carboxylic acid groups (broad SMARTS) is 1. The molecule has 3 rings (SSSR count). The van der Waals surface area contributed by atoms with E-state index in [0.717, 1.165) is 5.56 Å². The summed E-state index contributed by atoms with van der Waals surface area (Å²) in [5.41, 5.74) is 2.38. The summed E-state index contributed by atoms with van der Waals surface area (Å²) in [6.07, 6.45) is -1.58. The number of rotatable bonds is 2. The quantitative estimate of drug-likeness (QED) is 0.712. The summed E-state index contributed by atoms with van der Waals surface area (Å²) in [4.78, 5) is 12.3. The third-order valence-electron chi connectivity index (χ3n) is 3.06. The van der Waals surface area contributed by atoms with Crippen molar-refractivity contribution in [1.82, 2.24) is 0 Å². The lowest BCUT2D eigenvalue weighted by Crippen LogP contribution is -2.21. The molecule has 128 valence electrons. The van der Waals surface area contributed by atoms with Crippen molar-refractivity contribution in [1.29, 1.82) is 0 Å². The van der Waals surface area contributed by atoms with Gasteiger partial charge in [-0.3, -0.25) is 0 Å². The van der Waals surface area contributed by atoms with Crippen LogP contribution in [0.1, 0.15) is 0 Å². The van der Waals surface area contributed by atoms with E-state index in [9.17, 15) is 13.2 Å². The Balaban J connectivity index is 0.000000256. The van der Waals surface area contributed by atoms with E-state index >= 15 is 0 Å². The Hall–Kier alpha value is -2.48. The van der Waals surface area contributed by atoms with E-state index in [1.165, 1.54) is 20.7 Å². The molecule has 24 heavy (non-hydrogen) atoms. The molecule has 0 spiro atoms. The summed E-state index contributed by atoms with van der Waals surface area (Å²) >= 11 is 1.80. The molecule has 3 aromatic rings. The van der Waals surface area contributed by atoms with Crippen LogP contribution in [0.25, 0.3) is 20.5 Å². The van der Waals surface area contributed by atoms with E-state index in [1.807, 2.05) is 6.07 Å². The fourth-order valence-electron chi connectivity index (χ4n) is 1.86. The molecule has 0 aliphatic rings. The molecule has 0 aliphatic heterocycles. The maximum Gasteiger partial charge on any atom is 0.490 e. The van der Waals surface area contributed by atoms with E-state index in [-0.39, 0.29) is 0 Å². The number of anilines is 1. The molecular formula is C16H14F3NO3S. The van der Waals surface area contributed by atoms with Crippen molar-refractivity contribution < 1.29 is 27.5 Å². The van der Waals surface area contributed by atoms with Gasteiger partial charge in [0.1, 0.15) is 0 Å². The second kappa shape index (κ2) is 6.96. The Bertz CT molecular complexity index is 823. The molecule has 0 saturated heterocycles. The molecule has 2 heterocycles. The van der Waals surface area contributed by atoms with Crippen molar-refractivity contribution in [2.75, 3.05) is 19.0 Å². The maximum atomic E-state index is 10.6. The van der Waals surface area contributed by atoms with Gasteiger partial charge in [-0.1, -0.05) is 0 Å². The zero-order valence-electron chi connectivity index (χ0n) is 12.8. The minimum absolute atomic E-state index is 1.15. The molecule has 0 aliphatic carbocycles. The van der Waals surface area contributed by atoms with Gasteiger partial charge in [0.25, 0.3) is 0 Å². The molecule has 0 fully saturated rings. The summed E-state index contributed by atoms with van der Waals surface area (Å²) in [6, 6.07) is 10.8. The van der Waals surface area contributed by atoms with Gasteiger partial charge in [0.2, 0.25) is 0 Å². The van der Waals surface area contributed by atoms with Crippen LogP contribution in [0.15, 0.2) is 47.3 Å². The number of benzene rings is 1. The number of halogens is 3. The topological polar surface area (TPSA) is 53.7 Å². The molecule has 0 bridgehead atoms. The summed E-state index contributed by atoms with van der Waals surface area (Å²) in [6.45, 7) is 0. The van der Waals surface area contributed by atoms with Crippen molar-refractivity contribution in [3.05, 3.63) is 42.9 Å². The lowest BCUT2D eigenvalue weighted by Gasteiger charge is -2.11. The first-order valence-electron chi connectivity index (χ1n) is 6.72. The number of alkyl halides is 3. The average Bonchev–Trinajstić information content (AvgIpc) is 3.15. The predicted molar refractivity (Wildman–Crippen MR) is 87.5 cm³/mol. The van der Waals surface area contributed by atoms with Crippen LogP contribution in [0.4, 0.5) is 18.9 Å². The van der Waals surface area contributed by atoms with Gasteiger partial charge in [-0.05, 0) is 35.7 Å². The van der Waals surface area contributed by atoms with Crippen LogP contribution in [-0.4, -0.2) is 31.3 Å². The van der Waals surface area contributed by atoms with Gasteiger partial charge in [0.05, 0.1) is 12.5 Å². The maximum absolute atomic E-state index is 10.6. The van der Waals surface area contributed by atoms with E-state index in [1.54, 1.807) is 23.9 Å². The first-order valence-corrected chi connectivity index (χ1v) is 7.53. The summed E-state index contributed by atoms with van der Waals surface area (Å²) in [5.74, 6) is -2.76. The molecule has 0 unspecified atom stereocenters. The molecule has 0 radical (unpaired) electrons. The standard InChI is InChI=1S/C14H13NOS.C2HF3O2/c1-15(2)12-3-4-13-11(7-12)8-14(17-13)10-5-6-16-9-10;3-2(4,5)1(6)7/h3-9H,1-2H3;(H,6,7). The smallest absolute Gasteiger partial charge is 0.475 e.